The highest BCUT2D eigenvalue weighted by Gasteiger charge is 2.31. The lowest BCUT2D eigenvalue weighted by Crippen LogP contribution is -2.53. The molecular weight excluding hydrogens is 402 g/mol. The third kappa shape index (κ3) is 4.26. The Hall–Kier alpha value is -3.45. The summed E-state index contributed by atoms with van der Waals surface area (Å²) >= 11 is 5.88. The van der Waals surface area contributed by atoms with Crippen molar-refractivity contribution in [3.63, 3.8) is 0 Å². The number of hydrogen-bond donors (Lipinski definition) is 1. The normalized spacial score (nSPS) is 14.8. The molecule has 7 nitrogen and oxygen atoms in total. The van der Waals surface area contributed by atoms with Gasteiger partial charge in [-0.05, 0) is 35.4 Å². The highest BCUT2D eigenvalue weighted by Crippen LogP contribution is 2.20. The molecule has 0 saturated carbocycles. The number of nitrogens with two attached hydrogens (primary N) is 1. The van der Waals surface area contributed by atoms with Gasteiger partial charge >= 0.3 is 11.8 Å². The molecule has 0 atom stereocenters. The molecule has 1 fully saturated rings. The number of anilines is 1. The molecule has 3 aromatic rings. The van der Waals surface area contributed by atoms with E-state index in [-0.39, 0.29) is 0 Å². The second kappa shape index (κ2) is 8.51. The summed E-state index contributed by atoms with van der Waals surface area (Å²) in [5.41, 5.74) is 8.44. The Balaban J connectivity index is 1.38. The summed E-state index contributed by atoms with van der Waals surface area (Å²) in [7, 11) is 0. The standard InChI is InChI=1S/C22H20ClN5O2/c23-17-6-3-15(4-7-17)2-1-9-27-10-11-28(22(30)21(27)29)13-16-5-8-18-19(12-16)25-14-26-20(18)24/h1-8,12,14H,9-11,13H2,(H2,24,25,26)/b2-1+. The highest BCUT2D eigenvalue weighted by molar-refractivity contribution is 6.35. The molecule has 0 bridgehead atoms. The maximum atomic E-state index is 12.6. The van der Waals surface area contributed by atoms with Gasteiger partial charge in [-0.2, -0.15) is 0 Å². The van der Waals surface area contributed by atoms with Crippen LogP contribution in [0.2, 0.25) is 5.02 Å². The summed E-state index contributed by atoms with van der Waals surface area (Å²) < 4.78 is 0. The number of piperazine rings is 1. The Bertz CT molecular complexity index is 1130. The fourth-order valence-electron chi connectivity index (χ4n) is 3.37. The molecule has 2 heterocycles. The van der Waals surface area contributed by atoms with Crippen molar-refractivity contribution in [2.24, 2.45) is 0 Å². The van der Waals surface area contributed by atoms with E-state index in [1.54, 1.807) is 9.80 Å². The third-order valence-corrected chi connectivity index (χ3v) is 5.26. The lowest BCUT2D eigenvalue weighted by atomic mass is 10.1. The second-order valence-electron chi connectivity index (χ2n) is 7.04. The SMILES string of the molecule is Nc1ncnc2cc(CN3CCN(C/C=C/c4ccc(Cl)cc4)C(=O)C3=O)ccc12. The molecule has 0 spiro atoms. The van der Waals surface area contributed by atoms with Crippen LogP contribution >= 0.6 is 11.6 Å². The average molecular weight is 422 g/mol. The van der Waals surface area contributed by atoms with Gasteiger partial charge < -0.3 is 15.5 Å². The molecule has 2 N–H and O–H groups in total. The zero-order valence-corrected chi connectivity index (χ0v) is 16.9. The molecular formula is C22H20ClN5O2. The van der Waals surface area contributed by atoms with Crippen LogP contribution in [0.3, 0.4) is 0 Å². The molecule has 0 aliphatic carbocycles. The summed E-state index contributed by atoms with van der Waals surface area (Å²) in [6.45, 7) is 1.69. The number of carbonyl (C=O) groups excluding carboxylic acids is 2. The van der Waals surface area contributed by atoms with Crippen molar-refractivity contribution in [3.8, 4) is 0 Å². The molecule has 0 radical (unpaired) electrons. The molecule has 2 amide bonds. The maximum Gasteiger partial charge on any atom is 0.312 e. The minimum absolute atomic E-state index is 0.346. The topological polar surface area (TPSA) is 92.4 Å². The summed E-state index contributed by atoms with van der Waals surface area (Å²) in [6.07, 6.45) is 5.19. The zero-order chi connectivity index (χ0) is 21.1. The van der Waals surface area contributed by atoms with Gasteiger partial charge in [-0.3, -0.25) is 9.59 Å². The smallest absolute Gasteiger partial charge is 0.312 e. The van der Waals surface area contributed by atoms with E-state index in [9.17, 15) is 9.59 Å². The Kier molecular flexibility index (Phi) is 5.63. The lowest BCUT2D eigenvalue weighted by Gasteiger charge is -2.33. The molecule has 4 rings (SSSR count). The van der Waals surface area contributed by atoms with Gasteiger partial charge in [-0.1, -0.05) is 42.0 Å². The molecule has 0 unspecified atom stereocenters. The van der Waals surface area contributed by atoms with Gasteiger partial charge in [-0.25, -0.2) is 9.97 Å². The number of fused-ring (bicyclic) bond motifs is 1. The summed E-state index contributed by atoms with van der Waals surface area (Å²) in [5, 5.41) is 1.44. The molecule has 1 aliphatic rings. The highest BCUT2D eigenvalue weighted by atomic mass is 35.5. The first-order valence-corrected chi connectivity index (χ1v) is 9.88. The largest absolute Gasteiger partial charge is 0.383 e. The number of hydrogen-bond acceptors (Lipinski definition) is 5. The van der Waals surface area contributed by atoms with Crippen molar-refractivity contribution in [1.29, 1.82) is 0 Å². The van der Waals surface area contributed by atoms with Crippen LogP contribution < -0.4 is 5.73 Å². The first-order chi connectivity index (χ1) is 14.5. The zero-order valence-electron chi connectivity index (χ0n) is 16.2. The lowest BCUT2D eigenvalue weighted by molar-refractivity contribution is -0.156. The maximum absolute atomic E-state index is 12.6. The number of aromatic nitrogens is 2. The molecule has 1 aliphatic heterocycles. The van der Waals surface area contributed by atoms with E-state index in [0.29, 0.717) is 42.5 Å². The summed E-state index contributed by atoms with van der Waals surface area (Å²) in [4.78, 5) is 36.4. The first-order valence-electron chi connectivity index (χ1n) is 9.50. The minimum Gasteiger partial charge on any atom is -0.383 e. The predicted octanol–water partition coefficient (Wildman–Crippen LogP) is 2.75. The van der Waals surface area contributed by atoms with Gasteiger partial charge in [0.15, 0.2) is 0 Å². The van der Waals surface area contributed by atoms with Crippen LogP contribution in [-0.4, -0.2) is 51.2 Å². The number of amides is 2. The number of halogens is 1. The van der Waals surface area contributed by atoms with Gasteiger partial charge in [0.25, 0.3) is 0 Å². The van der Waals surface area contributed by atoms with E-state index in [0.717, 1.165) is 16.5 Å². The van der Waals surface area contributed by atoms with Crippen LogP contribution in [0.15, 0.2) is 54.9 Å². The van der Waals surface area contributed by atoms with Crippen LogP contribution in [0.25, 0.3) is 17.0 Å². The molecule has 1 aromatic heterocycles. The van der Waals surface area contributed by atoms with Crippen LogP contribution in [0.1, 0.15) is 11.1 Å². The first kappa shape index (κ1) is 19.8. The fourth-order valence-corrected chi connectivity index (χ4v) is 3.50. The van der Waals surface area contributed by atoms with Crippen LogP contribution in [0, 0.1) is 0 Å². The Morgan fingerprint density at radius 3 is 2.53 bits per heavy atom. The molecule has 30 heavy (non-hydrogen) atoms. The number of nitrogens with zero attached hydrogens (tertiary/aromatic N) is 4. The van der Waals surface area contributed by atoms with Crippen molar-refractivity contribution in [2.45, 2.75) is 6.54 Å². The van der Waals surface area contributed by atoms with E-state index >= 15 is 0 Å². The molecule has 152 valence electrons. The number of carbonyl (C=O) groups is 2. The van der Waals surface area contributed by atoms with Crippen molar-refractivity contribution >= 4 is 46.2 Å². The van der Waals surface area contributed by atoms with Gasteiger partial charge in [-0.15, -0.1) is 0 Å². The second-order valence-corrected chi connectivity index (χ2v) is 7.48. The average Bonchev–Trinajstić information content (AvgIpc) is 2.74. The Labute approximate surface area is 178 Å². The van der Waals surface area contributed by atoms with E-state index in [1.807, 2.05) is 54.6 Å². The Morgan fingerprint density at radius 1 is 1.00 bits per heavy atom. The summed E-state index contributed by atoms with van der Waals surface area (Å²) in [5.74, 6) is -0.573. The predicted molar refractivity (Wildman–Crippen MR) is 116 cm³/mol. The van der Waals surface area contributed by atoms with E-state index < -0.39 is 11.8 Å². The van der Waals surface area contributed by atoms with E-state index in [4.69, 9.17) is 17.3 Å². The van der Waals surface area contributed by atoms with Crippen LogP contribution in [0.5, 0.6) is 0 Å². The van der Waals surface area contributed by atoms with E-state index in [2.05, 4.69) is 9.97 Å². The fraction of sp³-hybridized carbons (Fsp3) is 0.182. The number of benzene rings is 2. The van der Waals surface area contributed by atoms with Crippen molar-refractivity contribution < 1.29 is 9.59 Å². The monoisotopic (exact) mass is 421 g/mol. The van der Waals surface area contributed by atoms with Crippen molar-refractivity contribution in [3.05, 3.63) is 71.0 Å². The van der Waals surface area contributed by atoms with Crippen LogP contribution in [-0.2, 0) is 16.1 Å². The van der Waals surface area contributed by atoms with E-state index in [1.165, 1.54) is 6.33 Å². The molecule has 2 aromatic carbocycles. The van der Waals surface area contributed by atoms with Crippen molar-refractivity contribution in [1.82, 2.24) is 19.8 Å². The van der Waals surface area contributed by atoms with Gasteiger partial charge in [0.2, 0.25) is 0 Å². The Morgan fingerprint density at radius 2 is 1.73 bits per heavy atom. The van der Waals surface area contributed by atoms with Gasteiger partial charge in [0.05, 0.1) is 5.52 Å². The quantitative estimate of drug-likeness (QED) is 0.639. The minimum atomic E-state index is -0.497. The van der Waals surface area contributed by atoms with Gasteiger partial charge in [0, 0.05) is 36.6 Å². The molecule has 8 heteroatoms. The number of nitrogen functional groups attached to an aromatic ring is 1. The summed E-state index contributed by atoms with van der Waals surface area (Å²) in [6, 6.07) is 13.0. The number of rotatable bonds is 5. The van der Waals surface area contributed by atoms with Gasteiger partial charge in [0.1, 0.15) is 12.1 Å². The van der Waals surface area contributed by atoms with Crippen LogP contribution in [0.4, 0.5) is 5.82 Å². The molecule has 1 saturated heterocycles. The third-order valence-electron chi connectivity index (χ3n) is 5.01. The van der Waals surface area contributed by atoms with Crippen molar-refractivity contribution in [2.75, 3.05) is 25.4 Å².